The third-order valence-corrected chi connectivity index (χ3v) is 3.87. The summed E-state index contributed by atoms with van der Waals surface area (Å²) >= 11 is 13.2. The number of carboxylic acid groups (broad SMARTS) is 1. The van der Waals surface area contributed by atoms with E-state index in [4.69, 9.17) is 28.3 Å². The van der Waals surface area contributed by atoms with Crippen LogP contribution in [0.3, 0.4) is 0 Å². The molecule has 0 aliphatic heterocycles. The number of hydrogen-bond donors (Lipinski definition) is 2. The molecule has 1 aromatic rings. The number of carboxylic acids is 1. The molecule has 2 N–H and O–H groups in total. The first kappa shape index (κ1) is 16.1. The highest BCUT2D eigenvalue weighted by Gasteiger charge is 2.21. The maximum atomic E-state index is 12.0. The number of hydrogen-bond acceptors (Lipinski definition) is 3. The Balaban J connectivity index is 2.82. The number of carbonyl (C=O) groups is 2. The fourth-order valence-corrected chi connectivity index (χ4v) is 2.27. The van der Waals surface area contributed by atoms with Gasteiger partial charge in [-0.1, -0.05) is 29.3 Å². The fraction of sp³-hybridized carbons (Fsp3) is 0.333. The standard InChI is InChI=1S/C12H13Cl2NO3S/c1-19-6-5-9(12(17)18)15-11(16)7-3-2-4-8(13)10(7)14/h2-4,9H,5-6H2,1H3,(H,15,16)(H,17,18). The Kier molecular flexibility index (Phi) is 6.48. The van der Waals surface area contributed by atoms with Crippen LogP contribution >= 0.6 is 35.0 Å². The number of aliphatic carboxylic acids is 1. The van der Waals surface area contributed by atoms with Gasteiger partial charge in [0.15, 0.2) is 0 Å². The molecule has 0 radical (unpaired) electrons. The van der Waals surface area contributed by atoms with Gasteiger partial charge in [-0.3, -0.25) is 4.79 Å². The molecule has 0 aliphatic rings. The van der Waals surface area contributed by atoms with Crippen LogP contribution in [0.1, 0.15) is 16.8 Å². The van der Waals surface area contributed by atoms with Crippen LogP contribution in [-0.4, -0.2) is 35.0 Å². The van der Waals surface area contributed by atoms with Gasteiger partial charge in [0.2, 0.25) is 0 Å². The van der Waals surface area contributed by atoms with Gasteiger partial charge in [0.05, 0.1) is 15.6 Å². The molecule has 1 rings (SSSR count). The summed E-state index contributed by atoms with van der Waals surface area (Å²) in [4.78, 5) is 23.0. The number of thioether (sulfide) groups is 1. The Morgan fingerprint density at radius 2 is 2.11 bits per heavy atom. The van der Waals surface area contributed by atoms with Crippen molar-refractivity contribution in [1.29, 1.82) is 0 Å². The minimum absolute atomic E-state index is 0.121. The van der Waals surface area contributed by atoms with Crippen LogP contribution in [0.15, 0.2) is 18.2 Å². The largest absolute Gasteiger partial charge is 0.480 e. The van der Waals surface area contributed by atoms with Crippen molar-refractivity contribution in [2.45, 2.75) is 12.5 Å². The van der Waals surface area contributed by atoms with Crippen LogP contribution in [0.4, 0.5) is 0 Å². The molecule has 0 fully saturated rings. The lowest BCUT2D eigenvalue weighted by Crippen LogP contribution is -2.41. The normalized spacial score (nSPS) is 11.9. The lowest BCUT2D eigenvalue weighted by Gasteiger charge is -2.14. The van der Waals surface area contributed by atoms with E-state index in [9.17, 15) is 9.59 Å². The van der Waals surface area contributed by atoms with E-state index in [1.807, 2.05) is 6.26 Å². The smallest absolute Gasteiger partial charge is 0.326 e. The molecule has 0 saturated carbocycles. The van der Waals surface area contributed by atoms with Gasteiger partial charge in [0.1, 0.15) is 6.04 Å². The van der Waals surface area contributed by atoms with Gasteiger partial charge in [0.25, 0.3) is 5.91 Å². The zero-order valence-electron chi connectivity index (χ0n) is 10.2. The SMILES string of the molecule is CSCCC(NC(=O)c1cccc(Cl)c1Cl)C(=O)O. The highest BCUT2D eigenvalue weighted by atomic mass is 35.5. The van der Waals surface area contributed by atoms with E-state index in [2.05, 4.69) is 5.32 Å². The highest BCUT2D eigenvalue weighted by molar-refractivity contribution is 7.98. The van der Waals surface area contributed by atoms with Crippen molar-refractivity contribution >= 4 is 46.8 Å². The number of rotatable bonds is 6. The molecule has 1 amide bonds. The predicted octanol–water partition coefficient (Wildman–Crippen LogP) is 2.93. The molecule has 0 bridgehead atoms. The molecule has 1 aromatic carbocycles. The molecule has 4 nitrogen and oxygen atoms in total. The monoisotopic (exact) mass is 321 g/mol. The van der Waals surface area contributed by atoms with Crippen molar-refractivity contribution in [1.82, 2.24) is 5.32 Å². The second-order valence-corrected chi connectivity index (χ2v) is 5.52. The Bertz CT molecular complexity index is 482. The molecular weight excluding hydrogens is 309 g/mol. The zero-order valence-corrected chi connectivity index (χ0v) is 12.5. The zero-order chi connectivity index (χ0) is 14.4. The van der Waals surface area contributed by atoms with E-state index in [0.717, 1.165) is 0 Å². The Morgan fingerprint density at radius 1 is 1.42 bits per heavy atom. The molecule has 19 heavy (non-hydrogen) atoms. The van der Waals surface area contributed by atoms with Crippen molar-refractivity contribution in [2.24, 2.45) is 0 Å². The number of nitrogens with one attached hydrogen (secondary N) is 1. The third-order valence-electron chi connectivity index (χ3n) is 2.41. The molecule has 104 valence electrons. The molecule has 0 aromatic heterocycles. The van der Waals surface area contributed by atoms with Gasteiger partial charge in [-0.15, -0.1) is 0 Å². The average Bonchev–Trinajstić information content (AvgIpc) is 2.37. The summed E-state index contributed by atoms with van der Waals surface area (Å²) in [7, 11) is 0. The maximum absolute atomic E-state index is 12.0. The van der Waals surface area contributed by atoms with Crippen LogP contribution in [0, 0.1) is 0 Å². The summed E-state index contributed by atoms with van der Waals surface area (Å²) in [5, 5.41) is 11.9. The van der Waals surface area contributed by atoms with E-state index in [1.54, 1.807) is 12.1 Å². The minimum Gasteiger partial charge on any atom is -0.480 e. The Labute approximate surface area is 125 Å². The van der Waals surface area contributed by atoms with Crippen molar-refractivity contribution in [3.05, 3.63) is 33.8 Å². The first-order valence-electron chi connectivity index (χ1n) is 5.44. The van der Waals surface area contributed by atoms with Gasteiger partial charge >= 0.3 is 5.97 Å². The van der Waals surface area contributed by atoms with Gasteiger partial charge in [0, 0.05) is 0 Å². The van der Waals surface area contributed by atoms with Gasteiger partial charge < -0.3 is 10.4 Å². The van der Waals surface area contributed by atoms with Crippen molar-refractivity contribution in [3.63, 3.8) is 0 Å². The van der Waals surface area contributed by atoms with E-state index in [1.165, 1.54) is 17.8 Å². The first-order valence-corrected chi connectivity index (χ1v) is 7.59. The average molecular weight is 322 g/mol. The topological polar surface area (TPSA) is 66.4 Å². The summed E-state index contributed by atoms with van der Waals surface area (Å²) in [6.07, 6.45) is 2.22. The van der Waals surface area contributed by atoms with Crippen LogP contribution < -0.4 is 5.32 Å². The number of carbonyl (C=O) groups excluding carboxylic acids is 1. The maximum Gasteiger partial charge on any atom is 0.326 e. The summed E-state index contributed by atoms with van der Waals surface area (Å²) in [6, 6.07) is 3.70. The molecule has 7 heteroatoms. The predicted molar refractivity (Wildman–Crippen MR) is 78.4 cm³/mol. The molecule has 0 saturated heterocycles. The lowest BCUT2D eigenvalue weighted by atomic mass is 10.1. The van der Waals surface area contributed by atoms with Crippen molar-refractivity contribution in [2.75, 3.05) is 12.0 Å². The molecule has 1 atom stereocenters. The van der Waals surface area contributed by atoms with Crippen LogP contribution in [-0.2, 0) is 4.79 Å². The van der Waals surface area contributed by atoms with Gasteiger partial charge in [-0.05, 0) is 30.6 Å². The van der Waals surface area contributed by atoms with Crippen LogP contribution in [0.25, 0.3) is 0 Å². The summed E-state index contributed by atoms with van der Waals surface area (Å²) in [5.41, 5.74) is 0.171. The van der Waals surface area contributed by atoms with E-state index in [0.29, 0.717) is 12.2 Å². The number of benzene rings is 1. The van der Waals surface area contributed by atoms with E-state index < -0.39 is 17.9 Å². The second kappa shape index (κ2) is 7.62. The van der Waals surface area contributed by atoms with E-state index in [-0.39, 0.29) is 15.6 Å². The molecule has 1 unspecified atom stereocenters. The fourth-order valence-electron chi connectivity index (χ4n) is 1.41. The quantitative estimate of drug-likeness (QED) is 0.845. The third kappa shape index (κ3) is 4.60. The number of halogens is 2. The second-order valence-electron chi connectivity index (χ2n) is 3.75. The molecule has 0 spiro atoms. The first-order chi connectivity index (χ1) is 8.97. The Morgan fingerprint density at radius 3 is 2.68 bits per heavy atom. The lowest BCUT2D eigenvalue weighted by molar-refractivity contribution is -0.139. The van der Waals surface area contributed by atoms with Gasteiger partial charge in [-0.2, -0.15) is 11.8 Å². The van der Waals surface area contributed by atoms with Crippen molar-refractivity contribution in [3.8, 4) is 0 Å². The summed E-state index contributed by atoms with van der Waals surface area (Å²) in [6.45, 7) is 0. The summed E-state index contributed by atoms with van der Waals surface area (Å²) in [5.74, 6) is -0.970. The minimum atomic E-state index is -1.07. The number of amides is 1. The van der Waals surface area contributed by atoms with E-state index >= 15 is 0 Å². The van der Waals surface area contributed by atoms with Gasteiger partial charge in [-0.25, -0.2) is 4.79 Å². The van der Waals surface area contributed by atoms with Crippen LogP contribution in [0.5, 0.6) is 0 Å². The molecule has 0 heterocycles. The molecular formula is C12H13Cl2NO3S. The Hall–Kier alpha value is -0.910. The highest BCUT2D eigenvalue weighted by Crippen LogP contribution is 2.25. The van der Waals surface area contributed by atoms with Crippen molar-refractivity contribution < 1.29 is 14.7 Å². The molecule has 0 aliphatic carbocycles. The van der Waals surface area contributed by atoms with Crippen LogP contribution in [0.2, 0.25) is 10.0 Å². The summed E-state index contributed by atoms with van der Waals surface area (Å²) < 4.78 is 0.